The second kappa shape index (κ2) is 7.01. The molecule has 102 valence electrons. The monoisotopic (exact) mass is 269 g/mol. The van der Waals surface area contributed by atoms with E-state index in [2.05, 4.69) is 13.8 Å². The van der Waals surface area contributed by atoms with Crippen LogP contribution in [-0.2, 0) is 0 Å². The van der Waals surface area contributed by atoms with Gasteiger partial charge in [-0.25, -0.2) is 0 Å². The topological polar surface area (TPSA) is 35.2 Å². The fraction of sp³-hybridized carbons (Fsp3) is 0.600. The number of hydrogen-bond acceptors (Lipinski definition) is 2. The molecule has 0 heterocycles. The van der Waals surface area contributed by atoms with Crippen molar-refractivity contribution in [3.8, 4) is 5.75 Å². The molecule has 2 N–H and O–H groups in total. The van der Waals surface area contributed by atoms with Crippen molar-refractivity contribution in [3.05, 3.63) is 27.8 Å². The van der Waals surface area contributed by atoms with E-state index in [4.69, 9.17) is 22.1 Å². The molecule has 0 saturated carbocycles. The molecule has 0 spiro atoms. The van der Waals surface area contributed by atoms with E-state index in [0.29, 0.717) is 12.5 Å². The van der Waals surface area contributed by atoms with Gasteiger partial charge in [0.05, 0.1) is 6.61 Å². The highest BCUT2D eigenvalue weighted by Crippen LogP contribution is 2.38. The molecule has 1 aromatic carbocycles. The Labute approximate surface area is 115 Å². The van der Waals surface area contributed by atoms with Crippen molar-refractivity contribution in [3.63, 3.8) is 0 Å². The average molecular weight is 270 g/mol. The van der Waals surface area contributed by atoms with Crippen LogP contribution in [0.3, 0.4) is 0 Å². The van der Waals surface area contributed by atoms with Crippen LogP contribution in [0.4, 0.5) is 0 Å². The minimum Gasteiger partial charge on any atom is -0.494 e. The maximum Gasteiger partial charge on any atom is 0.123 e. The van der Waals surface area contributed by atoms with Gasteiger partial charge < -0.3 is 10.5 Å². The molecule has 1 unspecified atom stereocenters. The van der Waals surface area contributed by atoms with Crippen molar-refractivity contribution < 1.29 is 4.74 Å². The number of nitrogens with two attached hydrogens (primary N) is 1. The van der Waals surface area contributed by atoms with Crippen LogP contribution in [-0.4, -0.2) is 13.2 Å². The number of aryl methyl sites for hydroxylation is 1. The number of benzene rings is 1. The maximum atomic E-state index is 6.35. The Kier molecular flexibility index (Phi) is 5.97. The van der Waals surface area contributed by atoms with E-state index < -0.39 is 0 Å². The molecule has 0 aromatic heterocycles. The summed E-state index contributed by atoms with van der Waals surface area (Å²) < 4.78 is 5.76. The van der Waals surface area contributed by atoms with E-state index in [1.807, 2.05) is 19.9 Å². The molecule has 0 bridgehead atoms. The zero-order valence-corrected chi connectivity index (χ0v) is 12.6. The fourth-order valence-corrected chi connectivity index (χ4v) is 2.55. The van der Waals surface area contributed by atoms with Gasteiger partial charge in [-0.05, 0) is 63.3 Å². The first-order valence-corrected chi connectivity index (χ1v) is 7.03. The summed E-state index contributed by atoms with van der Waals surface area (Å²) >= 11 is 6.35. The Hall–Kier alpha value is -0.730. The van der Waals surface area contributed by atoms with E-state index in [1.165, 1.54) is 5.56 Å². The summed E-state index contributed by atoms with van der Waals surface area (Å²) in [7, 11) is 0. The van der Waals surface area contributed by atoms with Gasteiger partial charge in [0, 0.05) is 10.6 Å². The summed E-state index contributed by atoms with van der Waals surface area (Å²) in [4.78, 5) is 0. The van der Waals surface area contributed by atoms with Crippen molar-refractivity contribution in [2.24, 2.45) is 5.73 Å². The van der Waals surface area contributed by atoms with Crippen LogP contribution >= 0.6 is 11.6 Å². The summed E-state index contributed by atoms with van der Waals surface area (Å²) in [6.45, 7) is 9.72. The first-order valence-electron chi connectivity index (χ1n) is 6.65. The molecule has 3 heteroatoms. The van der Waals surface area contributed by atoms with E-state index >= 15 is 0 Å². The van der Waals surface area contributed by atoms with E-state index in [9.17, 15) is 0 Å². The Morgan fingerprint density at radius 1 is 1.39 bits per heavy atom. The molecule has 1 rings (SSSR count). The van der Waals surface area contributed by atoms with Crippen molar-refractivity contribution in [1.29, 1.82) is 0 Å². The zero-order chi connectivity index (χ0) is 13.7. The van der Waals surface area contributed by atoms with Gasteiger partial charge >= 0.3 is 0 Å². The molecule has 0 aliphatic rings. The summed E-state index contributed by atoms with van der Waals surface area (Å²) in [5.41, 5.74) is 9.04. The lowest BCUT2D eigenvalue weighted by molar-refractivity contribution is 0.333. The third kappa shape index (κ3) is 3.39. The van der Waals surface area contributed by atoms with Crippen molar-refractivity contribution in [1.82, 2.24) is 0 Å². The Morgan fingerprint density at radius 2 is 2.06 bits per heavy atom. The third-order valence-corrected chi connectivity index (χ3v) is 3.91. The zero-order valence-electron chi connectivity index (χ0n) is 11.8. The Morgan fingerprint density at radius 3 is 2.61 bits per heavy atom. The summed E-state index contributed by atoms with van der Waals surface area (Å²) in [6, 6.07) is 2.05. The molecule has 1 aromatic rings. The highest BCUT2D eigenvalue weighted by atomic mass is 35.5. The van der Waals surface area contributed by atoms with E-state index in [-0.39, 0.29) is 0 Å². The predicted molar refractivity (Wildman–Crippen MR) is 78.8 cm³/mol. The second-order valence-corrected chi connectivity index (χ2v) is 5.19. The van der Waals surface area contributed by atoms with Gasteiger partial charge in [0.1, 0.15) is 5.75 Å². The van der Waals surface area contributed by atoms with Crippen LogP contribution in [0.5, 0.6) is 5.75 Å². The summed E-state index contributed by atoms with van der Waals surface area (Å²) in [5.74, 6) is 1.40. The quantitative estimate of drug-likeness (QED) is 0.840. The largest absolute Gasteiger partial charge is 0.494 e. The van der Waals surface area contributed by atoms with E-state index in [1.54, 1.807) is 0 Å². The summed E-state index contributed by atoms with van der Waals surface area (Å²) in [5, 5.41) is 0.855. The van der Waals surface area contributed by atoms with Crippen LogP contribution in [0.2, 0.25) is 5.02 Å². The van der Waals surface area contributed by atoms with Crippen molar-refractivity contribution in [2.45, 2.75) is 46.5 Å². The minimum absolute atomic E-state index is 0.424. The molecular formula is C15H24ClNO. The molecular weight excluding hydrogens is 246 g/mol. The van der Waals surface area contributed by atoms with Gasteiger partial charge in [0.25, 0.3) is 0 Å². The third-order valence-electron chi connectivity index (χ3n) is 3.33. The lowest BCUT2D eigenvalue weighted by atomic mass is 9.90. The molecule has 0 aliphatic carbocycles. The van der Waals surface area contributed by atoms with Gasteiger partial charge in [0.15, 0.2) is 0 Å². The van der Waals surface area contributed by atoms with Crippen LogP contribution in [0.25, 0.3) is 0 Å². The minimum atomic E-state index is 0.424. The van der Waals surface area contributed by atoms with Crippen molar-refractivity contribution >= 4 is 11.6 Å². The summed E-state index contributed by atoms with van der Waals surface area (Å²) in [6.07, 6.45) is 2.09. The molecule has 0 radical (unpaired) electrons. The van der Waals surface area contributed by atoms with E-state index in [0.717, 1.165) is 41.3 Å². The highest BCUT2D eigenvalue weighted by Gasteiger charge is 2.18. The first-order chi connectivity index (χ1) is 8.52. The maximum absolute atomic E-state index is 6.35. The first kappa shape index (κ1) is 15.3. The molecule has 0 saturated heterocycles. The molecule has 18 heavy (non-hydrogen) atoms. The fourth-order valence-electron chi connectivity index (χ4n) is 2.39. The average Bonchev–Trinajstić information content (AvgIpc) is 2.34. The van der Waals surface area contributed by atoms with Crippen LogP contribution in [0.1, 0.15) is 49.3 Å². The van der Waals surface area contributed by atoms with Crippen molar-refractivity contribution in [2.75, 3.05) is 13.2 Å². The number of ether oxygens (including phenoxy) is 1. The van der Waals surface area contributed by atoms with Gasteiger partial charge in [-0.2, -0.15) is 0 Å². The number of halogens is 1. The molecule has 2 nitrogen and oxygen atoms in total. The smallest absolute Gasteiger partial charge is 0.123 e. The molecule has 0 aliphatic heterocycles. The lowest BCUT2D eigenvalue weighted by Gasteiger charge is -2.21. The SMILES string of the molecule is CCOc1cc(C)c(Cl)c(C)c1C(C)CCCN. The van der Waals surface area contributed by atoms with Gasteiger partial charge in [0.2, 0.25) is 0 Å². The highest BCUT2D eigenvalue weighted by molar-refractivity contribution is 6.32. The Bertz CT molecular complexity index is 404. The normalized spacial score (nSPS) is 12.6. The van der Waals surface area contributed by atoms with Gasteiger partial charge in [-0.3, -0.25) is 0 Å². The van der Waals surface area contributed by atoms with Crippen LogP contribution in [0, 0.1) is 13.8 Å². The molecule has 0 amide bonds. The van der Waals surface area contributed by atoms with Crippen LogP contribution in [0.15, 0.2) is 6.07 Å². The molecule has 0 fully saturated rings. The van der Waals surface area contributed by atoms with Gasteiger partial charge in [-0.15, -0.1) is 0 Å². The van der Waals surface area contributed by atoms with Crippen LogP contribution < -0.4 is 10.5 Å². The standard InChI is InChI=1S/C15H24ClNO/c1-5-18-13-9-11(3)15(16)12(4)14(13)10(2)7-6-8-17/h9-10H,5-8,17H2,1-4H3. The number of hydrogen-bond donors (Lipinski definition) is 1. The second-order valence-electron chi connectivity index (χ2n) is 4.81. The Balaban J connectivity index is 3.17. The number of rotatable bonds is 6. The van der Waals surface area contributed by atoms with Gasteiger partial charge in [-0.1, -0.05) is 18.5 Å². The lowest BCUT2D eigenvalue weighted by Crippen LogP contribution is -2.07. The predicted octanol–water partition coefficient (Wildman–Crippen LogP) is 4.20. The molecule has 1 atom stereocenters.